The molecule has 0 unspecified atom stereocenters. The summed E-state index contributed by atoms with van der Waals surface area (Å²) >= 11 is 0. The van der Waals surface area contributed by atoms with Crippen molar-refractivity contribution in [2.75, 3.05) is 13.1 Å². The summed E-state index contributed by atoms with van der Waals surface area (Å²) < 4.78 is 1.24. The van der Waals surface area contributed by atoms with Gasteiger partial charge in [0.15, 0.2) is 0 Å². The van der Waals surface area contributed by atoms with Gasteiger partial charge in [-0.2, -0.15) is 5.10 Å². The van der Waals surface area contributed by atoms with Crippen molar-refractivity contribution < 1.29 is 4.79 Å². The number of aromatic nitrogens is 2. The lowest BCUT2D eigenvalue weighted by Crippen LogP contribution is -2.42. The fourth-order valence-electron chi connectivity index (χ4n) is 2.60. The van der Waals surface area contributed by atoms with E-state index in [1.807, 2.05) is 13.0 Å². The Labute approximate surface area is 118 Å². The Balaban J connectivity index is 2.31. The zero-order chi connectivity index (χ0) is 14.9. The van der Waals surface area contributed by atoms with E-state index in [-0.39, 0.29) is 17.0 Å². The van der Waals surface area contributed by atoms with Crippen molar-refractivity contribution in [1.29, 1.82) is 0 Å². The lowest BCUT2D eigenvalue weighted by Gasteiger charge is -2.31. The molecule has 0 N–H and O–H groups in total. The molecule has 0 saturated carbocycles. The van der Waals surface area contributed by atoms with Gasteiger partial charge in [-0.25, -0.2) is 4.68 Å². The minimum Gasteiger partial charge on any atom is -0.338 e. The fourth-order valence-corrected chi connectivity index (χ4v) is 2.60. The zero-order valence-electron chi connectivity index (χ0n) is 12.3. The van der Waals surface area contributed by atoms with Crippen LogP contribution in [0.5, 0.6) is 0 Å². The molecule has 2 heterocycles. The standard InChI is InChI=1S/C15H21N3O2/c1-5-12-6-8-18(9-7-12)15(20)13-10(2)11(3)16-17(4)14(13)19/h5,12H,1,6-9H2,2-4H3. The van der Waals surface area contributed by atoms with E-state index >= 15 is 0 Å². The monoisotopic (exact) mass is 275 g/mol. The van der Waals surface area contributed by atoms with Crippen molar-refractivity contribution in [3.63, 3.8) is 0 Å². The first kappa shape index (κ1) is 14.5. The van der Waals surface area contributed by atoms with E-state index in [1.54, 1.807) is 18.9 Å². The van der Waals surface area contributed by atoms with Crippen LogP contribution in [0.4, 0.5) is 0 Å². The van der Waals surface area contributed by atoms with Gasteiger partial charge in [-0.3, -0.25) is 9.59 Å². The van der Waals surface area contributed by atoms with E-state index in [0.29, 0.717) is 24.6 Å². The van der Waals surface area contributed by atoms with Gasteiger partial charge in [0, 0.05) is 20.1 Å². The van der Waals surface area contributed by atoms with Crippen LogP contribution in [0.2, 0.25) is 0 Å². The van der Waals surface area contributed by atoms with Crippen LogP contribution in [0.25, 0.3) is 0 Å². The van der Waals surface area contributed by atoms with Crippen LogP contribution < -0.4 is 5.56 Å². The van der Waals surface area contributed by atoms with Gasteiger partial charge < -0.3 is 4.90 Å². The summed E-state index contributed by atoms with van der Waals surface area (Å²) in [6.45, 7) is 8.76. The molecule has 0 aromatic carbocycles. The van der Waals surface area contributed by atoms with Crippen molar-refractivity contribution in [3.05, 3.63) is 39.8 Å². The number of carbonyl (C=O) groups is 1. The van der Waals surface area contributed by atoms with E-state index in [1.165, 1.54) is 4.68 Å². The predicted octanol–water partition coefficient (Wildman–Crippen LogP) is 1.44. The van der Waals surface area contributed by atoms with E-state index in [0.717, 1.165) is 18.5 Å². The Morgan fingerprint density at radius 1 is 1.35 bits per heavy atom. The molecule has 5 nitrogen and oxygen atoms in total. The number of carbonyl (C=O) groups excluding carboxylic acids is 1. The SMILES string of the molecule is C=CC1CCN(C(=O)c2c(C)c(C)nn(C)c2=O)CC1. The number of rotatable bonds is 2. The van der Waals surface area contributed by atoms with Crippen LogP contribution in [-0.4, -0.2) is 33.7 Å². The quantitative estimate of drug-likeness (QED) is 0.767. The van der Waals surface area contributed by atoms with Crippen molar-refractivity contribution >= 4 is 5.91 Å². The number of likely N-dealkylation sites (tertiary alicyclic amines) is 1. The third kappa shape index (κ3) is 2.53. The highest BCUT2D eigenvalue weighted by Gasteiger charge is 2.26. The number of hydrogen-bond acceptors (Lipinski definition) is 3. The molecule has 1 amide bonds. The van der Waals surface area contributed by atoms with Crippen LogP contribution in [0.1, 0.15) is 34.5 Å². The van der Waals surface area contributed by atoms with E-state index in [9.17, 15) is 9.59 Å². The lowest BCUT2D eigenvalue weighted by molar-refractivity contribution is 0.0701. The average Bonchev–Trinajstić information content (AvgIpc) is 2.45. The summed E-state index contributed by atoms with van der Waals surface area (Å²) in [5.41, 5.74) is 1.35. The van der Waals surface area contributed by atoms with Crippen LogP contribution in [-0.2, 0) is 7.05 Å². The van der Waals surface area contributed by atoms with Gasteiger partial charge in [-0.1, -0.05) is 6.08 Å². The number of amides is 1. The van der Waals surface area contributed by atoms with Gasteiger partial charge in [0.2, 0.25) is 0 Å². The summed E-state index contributed by atoms with van der Waals surface area (Å²) in [5, 5.41) is 4.11. The summed E-state index contributed by atoms with van der Waals surface area (Å²) in [5.74, 6) is 0.304. The molecule has 1 saturated heterocycles. The Kier molecular flexibility index (Phi) is 4.06. The van der Waals surface area contributed by atoms with Gasteiger partial charge >= 0.3 is 0 Å². The van der Waals surface area contributed by atoms with E-state index < -0.39 is 0 Å². The largest absolute Gasteiger partial charge is 0.338 e. The van der Waals surface area contributed by atoms with E-state index in [2.05, 4.69) is 11.7 Å². The normalized spacial score (nSPS) is 16.2. The number of piperidine rings is 1. The van der Waals surface area contributed by atoms with Crippen molar-refractivity contribution in [2.24, 2.45) is 13.0 Å². The molecule has 20 heavy (non-hydrogen) atoms. The minimum atomic E-state index is -0.316. The molecule has 1 fully saturated rings. The Bertz CT molecular complexity index is 596. The molecule has 0 radical (unpaired) electrons. The van der Waals surface area contributed by atoms with Crippen molar-refractivity contribution in [1.82, 2.24) is 14.7 Å². The maximum absolute atomic E-state index is 12.6. The van der Waals surface area contributed by atoms with Crippen molar-refractivity contribution in [3.8, 4) is 0 Å². The van der Waals surface area contributed by atoms with Gasteiger partial charge in [0.25, 0.3) is 11.5 Å². The van der Waals surface area contributed by atoms with Crippen LogP contribution in [0, 0.1) is 19.8 Å². The first-order valence-corrected chi connectivity index (χ1v) is 6.92. The second kappa shape index (κ2) is 5.61. The maximum atomic E-state index is 12.6. The molecule has 0 bridgehead atoms. The van der Waals surface area contributed by atoms with Crippen LogP contribution in [0.15, 0.2) is 17.4 Å². The molecule has 5 heteroatoms. The summed E-state index contributed by atoms with van der Waals surface area (Å²) in [7, 11) is 1.58. The molecule has 0 aliphatic carbocycles. The second-order valence-corrected chi connectivity index (χ2v) is 5.38. The Morgan fingerprint density at radius 3 is 2.50 bits per heavy atom. The maximum Gasteiger partial charge on any atom is 0.279 e. The predicted molar refractivity (Wildman–Crippen MR) is 77.8 cm³/mol. The molecule has 0 atom stereocenters. The molecule has 0 spiro atoms. The molecule has 1 aliphatic rings. The highest BCUT2D eigenvalue weighted by atomic mass is 16.2. The summed E-state index contributed by atoms with van der Waals surface area (Å²) in [4.78, 5) is 26.6. The van der Waals surface area contributed by atoms with Gasteiger partial charge in [0.05, 0.1) is 5.69 Å². The summed E-state index contributed by atoms with van der Waals surface area (Å²) in [6.07, 6.45) is 3.78. The number of aryl methyl sites for hydroxylation is 2. The van der Waals surface area contributed by atoms with Crippen LogP contribution in [0.3, 0.4) is 0 Å². The zero-order valence-corrected chi connectivity index (χ0v) is 12.3. The third-order valence-corrected chi connectivity index (χ3v) is 4.10. The molecule has 2 rings (SSSR count). The molecule has 1 aliphatic heterocycles. The van der Waals surface area contributed by atoms with Gasteiger partial charge in [0.1, 0.15) is 5.56 Å². The first-order valence-electron chi connectivity index (χ1n) is 6.92. The van der Waals surface area contributed by atoms with E-state index in [4.69, 9.17) is 0 Å². The summed E-state index contributed by atoms with van der Waals surface area (Å²) in [6, 6.07) is 0. The highest BCUT2D eigenvalue weighted by Crippen LogP contribution is 2.20. The molecular formula is C15H21N3O2. The number of hydrogen-bond donors (Lipinski definition) is 0. The molecule has 1 aromatic rings. The Morgan fingerprint density at radius 2 is 1.95 bits per heavy atom. The highest BCUT2D eigenvalue weighted by molar-refractivity contribution is 5.95. The van der Waals surface area contributed by atoms with Crippen LogP contribution >= 0.6 is 0 Å². The topological polar surface area (TPSA) is 55.2 Å². The fraction of sp³-hybridized carbons (Fsp3) is 0.533. The average molecular weight is 275 g/mol. The third-order valence-electron chi connectivity index (χ3n) is 4.10. The van der Waals surface area contributed by atoms with Crippen molar-refractivity contribution in [2.45, 2.75) is 26.7 Å². The second-order valence-electron chi connectivity index (χ2n) is 5.38. The first-order chi connectivity index (χ1) is 9.45. The van der Waals surface area contributed by atoms with Gasteiger partial charge in [-0.15, -0.1) is 6.58 Å². The molecule has 108 valence electrons. The Hall–Kier alpha value is -1.91. The smallest absolute Gasteiger partial charge is 0.279 e. The number of allylic oxidation sites excluding steroid dienone is 1. The minimum absolute atomic E-state index is 0.170. The molecular weight excluding hydrogens is 254 g/mol. The van der Waals surface area contributed by atoms with Gasteiger partial charge in [-0.05, 0) is 38.2 Å². The molecule has 1 aromatic heterocycles. The number of nitrogens with zero attached hydrogens (tertiary/aromatic N) is 3. The lowest BCUT2D eigenvalue weighted by atomic mass is 9.96.